The number of hydrogen-bond donors (Lipinski definition) is 1. The average Bonchev–Trinajstić information content (AvgIpc) is 3.05. The van der Waals surface area contributed by atoms with E-state index in [1.165, 1.54) is 24.3 Å². The van der Waals surface area contributed by atoms with Gasteiger partial charge in [-0.2, -0.15) is 18.2 Å². The van der Waals surface area contributed by atoms with Crippen molar-refractivity contribution in [1.82, 2.24) is 15.5 Å². The number of halogens is 3. The zero-order chi connectivity index (χ0) is 19.4. The van der Waals surface area contributed by atoms with Crippen LogP contribution in [0.25, 0.3) is 11.4 Å². The number of nitrogens with zero attached hydrogens (tertiary/aromatic N) is 2. The fourth-order valence-electron chi connectivity index (χ4n) is 3.20. The van der Waals surface area contributed by atoms with Crippen LogP contribution in [0.1, 0.15) is 48.4 Å². The van der Waals surface area contributed by atoms with E-state index in [-0.39, 0.29) is 23.9 Å². The molecule has 146 valence electrons. The quantitative estimate of drug-likeness (QED) is 0.812. The maximum absolute atomic E-state index is 12.5. The Morgan fingerprint density at radius 3 is 2.52 bits per heavy atom. The van der Waals surface area contributed by atoms with Crippen LogP contribution < -0.4 is 5.32 Å². The molecule has 1 saturated carbocycles. The minimum Gasteiger partial charge on any atom is -0.379 e. The van der Waals surface area contributed by atoms with E-state index in [0.29, 0.717) is 11.1 Å². The van der Waals surface area contributed by atoms with E-state index in [1.54, 1.807) is 7.11 Å². The van der Waals surface area contributed by atoms with Crippen molar-refractivity contribution in [2.45, 2.75) is 50.4 Å². The van der Waals surface area contributed by atoms with Gasteiger partial charge in [-0.25, -0.2) is 0 Å². The second kappa shape index (κ2) is 8.08. The maximum Gasteiger partial charge on any atom is 0.471 e. The van der Waals surface area contributed by atoms with E-state index >= 15 is 0 Å². The summed E-state index contributed by atoms with van der Waals surface area (Å²) in [6.45, 7) is 0. The number of rotatable bonds is 4. The van der Waals surface area contributed by atoms with Crippen molar-refractivity contribution in [2.24, 2.45) is 0 Å². The molecule has 1 aromatic carbocycles. The highest BCUT2D eigenvalue weighted by molar-refractivity contribution is 5.94. The fourth-order valence-corrected chi connectivity index (χ4v) is 3.20. The number of hydrogen-bond acceptors (Lipinski definition) is 5. The molecule has 1 aliphatic rings. The van der Waals surface area contributed by atoms with Crippen LogP contribution in [0.2, 0.25) is 0 Å². The second-order valence-electron chi connectivity index (χ2n) is 6.49. The molecular formula is C18H20F3N3O3. The van der Waals surface area contributed by atoms with Gasteiger partial charge in [-0.1, -0.05) is 36.6 Å². The van der Waals surface area contributed by atoms with E-state index in [2.05, 4.69) is 20.0 Å². The van der Waals surface area contributed by atoms with Crippen molar-refractivity contribution in [3.63, 3.8) is 0 Å². The fraction of sp³-hybridized carbons (Fsp3) is 0.500. The van der Waals surface area contributed by atoms with Crippen LogP contribution in [-0.2, 0) is 10.9 Å². The van der Waals surface area contributed by atoms with E-state index in [1.807, 2.05) is 0 Å². The summed E-state index contributed by atoms with van der Waals surface area (Å²) in [6.07, 6.45) is 0.266. The van der Waals surface area contributed by atoms with Gasteiger partial charge in [0.05, 0.1) is 12.1 Å². The summed E-state index contributed by atoms with van der Waals surface area (Å²) >= 11 is 0. The summed E-state index contributed by atoms with van der Waals surface area (Å²) in [5.74, 6) is -1.84. The van der Waals surface area contributed by atoms with Gasteiger partial charge in [-0.3, -0.25) is 4.79 Å². The molecule has 2 unspecified atom stereocenters. The summed E-state index contributed by atoms with van der Waals surface area (Å²) in [5.41, 5.74) is 0.729. The largest absolute Gasteiger partial charge is 0.471 e. The first-order chi connectivity index (χ1) is 12.9. The molecule has 1 amide bonds. The van der Waals surface area contributed by atoms with Crippen molar-refractivity contribution in [2.75, 3.05) is 7.11 Å². The van der Waals surface area contributed by atoms with Gasteiger partial charge in [0.2, 0.25) is 5.82 Å². The maximum atomic E-state index is 12.5. The van der Waals surface area contributed by atoms with Gasteiger partial charge < -0.3 is 14.6 Å². The number of methoxy groups -OCH3 is 1. The van der Waals surface area contributed by atoms with E-state index in [4.69, 9.17) is 4.74 Å². The summed E-state index contributed by atoms with van der Waals surface area (Å²) in [7, 11) is 1.64. The number of alkyl halides is 3. The Morgan fingerprint density at radius 2 is 1.89 bits per heavy atom. The molecule has 27 heavy (non-hydrogen) atoms. The van der Waals surface area contributed by atoms with Crippen LogP contribution in [0.15, 0.2) is 28.8 Å². The monoisotopic (exact) mass is 383 g/mol. The molecule has 2 aromatic rings. The van der Waals surface area contributed by atoms with Crippen LogP contribution in [0, 0.1) is 0 Å². The van der Waals surface area contributed by atoms with Crippen molar-refractivity contribution in [1.29, 1.82) is 0 Å². The van der Waals surface area contributed by atoms with Gasteiger partial charge in [0.25, 0.3) is 5.91 Å². The van der Waals surface area contributed by atoms with E-state index in [9.17, 15) is 18.0 Å². The molecule has 1 aromatic heterocycles. The van der Waals surface area contributed by atoms with Crippen LogP contribution in [0.5, 0.6) is 0 Å². The number of carbonyl (C=O) groups is 1. The molecule has 9 heteroatoms. The summed E-state index contributed by atoms with van der Waals surface area (Å²) in [5, 5.41) is 6.33. The number of nitrogens with one attached hydrogen (secondary N) is 1. The van der Waals surface area contributed by atoms with Crippen molar-refractivity contribution in [3.05, 3.63) is 35.7 Å². The Balaban J connectivity index is 1.69. The highest BCUT2D eigenvalue weighted by Gasteiger charge is 2.38. The van der Waals surface area contributed by atoms with Crippen molar-refractivity contribution < 1.29 is 27.2 Å². The zero-order valence-electron chi connectivity index (χ0n) is 14.8. The van der Waals surface area contributed by atoms with Gasteiger partial charge >= 0.3 is 12.1 Å². The first-order valence-corrected chi connectivity index (χ1v) is 8.73. The third-order valence-corrected chi connectivity index (χ3v) is 4.65. The Kier molecular flexibility index (Phi) is 5.79. The van der Waals surface area contributed by atoms with Gasteiger partial charge in [0.1, 0.15) is 0 Å². The minimum absolute atomic E-state index is 0.0177. The number of benzene rings is 1. The molecule has 1 aliphatic carbocycles. The molecule has 0 bridgehead atoms. The second-order valence-corrected chi connectivity index (χ2v) is 6.49. The molecule has 1 N–H and O–H groups in total. The number of ether oxygens (including phenoxy) is 1. The molecule has 0 spiro atoms. The molecule has 2 atom stereocenters. The lowest BCUT2D eigenvalue weighted by Gasteiger charge is -2.25. The predicted molar refractivity (Wildman–Crippen MR) is 89.9 cm³/mol. The Hall–Kier alpha value is -2.42. The Labute approximate surface area is 154 Å². The third kappa shape index (κ3) is 4.65. The van der Waals surface area contributed by atoms with E-state index < -0.39 is 12.1 Å². The SMILES string of the molecule is COC1CCCCCC1NC(=O)c1ccc(-c2noc(C(F)(F)F)n2)cc1. The molecule has 1 fully saturated rings. The number of carbonyl (C=O) groups excluding carboxylic acids is 1. The van der Waals surface area contributed by atoms with Gasteiger partial charge in [-0.05, 0) is 25.0 Å². The third-order valence-electron chi connectivity index (χ3n) is 4.65. The standard InChI is InChI=1S/C18H20F3N3O3/c1-26-14-6-4-2-3-5-13(14)22-16(25)12-9-7-11(8-10-12)15-23-17(27-24-15)18(19,20)21/h7-10,13-14H,2-6H2,1H3,(H,22,25). The highest BCUT2D eigenvalue weighted by atomic mass is 19.4. The molecule has 0 aliphatic heterocycles. The minimum atomic E-state index is -4.69. The van der Waals surface area contributed by atoms with E-state index in [0.717, 1.165) is 32.1 Å². The summed E-state index contributed by atoms with van der Waals surface area (Å²) < 4.78 is 47.3. The molecule has 0 saturated heterocycles. The number of amides is 1. The first kappa shape index (κ1) is 19.3. The van der Waals surface area contributed by atoms with Crippen molar-refractivity contribution >= 4 is 5.91 Å². The van der Waals surface area contributed by atoms with Crippen LogP contribution in [0.3, 0.4) is 0 Å². The smallest absolute Gasteiger partial charge is 0.379 e. The Bertz CT molecular complexity index is 774. The first-order valence-electron chi connectivity index (χ1n) is 8.73. The topological polar surface area (TPSA) is 77.2 Å². The highest BCUT2D eigenvalue weighted by Crippen LogP contribution is 2.29. The van der Waals surface area contributed by atoms with Gasteiger partial charge in [0, 0.05) is 18.2 Å². The lowest BCUT2D eigenvalue weighted by Crippen LogP contribution is -2.43. The number of aromatic nitrogens is 2. The lowest BCUT2D eigenvalue weighted by molar-refractivity contribution is -0.159. The lowest BCUT2D eigenvalue weighted by atomic mass is 10.0. The summed E-state index contributed by atoms with van der Waals surface area (Å²) in [6, 6.07) is 5.96. The molecular weight excluding hydrogens is 363 g/mol. The zero-order valence-corrected chi connectivity index (χ0v) is 14.8. The normalized spacial score (nSPS) is 20.9. The Morgan fingerprint density at radius 1 is 1.19 bits per heavy atom. The molecule has 3 rings (SSSR count). The molecule has 1 heterocycles. The molecule has 6 nitrogen and oxygen atoms in total. The predicted octanol–water partition coefficient (Wildman–Crippen LogP) is 3.83. The van der Waals surface area contributed by atoms with Crippen molar-refractivity contribution in [3.8, 4) is 11.4 Å². The average molecular weight is 383 g/mol. The van der Waals surface area contributed by atoms with Crippen LogP contribution in [-0.4, -0.2) is 35.3 Å². The van der Waals surface area contributed by atoms with Crippen LogP contribution >= 0.6 is 0 Å². The van der Waals surface area contributed by atoms with Gasteiger partial charge in [0.15, 0.2) is 0 Å². The molecule has 0 radical (unpaired) electrons. The summed E-state index contributed by atoms with van der Waals surface area (Å²) in [4.78, 5) is 15.8. The van der Waals surface area contributed by atoms with Gasteiger partial charge in [-0.15, -0.1) is 0 Å². The van der Waals surface area contributed by atoms with Crippen LogP contribution in [0.4, 0.5) is 13.2 Å².